The molecule has 0 unspecified atom stereocenters. The van der Waals surface area contributed by atoms with Gasteiger partial charge in [0, 0.05) is 12.8 Å². The van der Waals surface area contributed by atoms with Crippen LogP contribution in [0.3, 0.4) is 0 Å². The summed E-state index contributed by atoms with van der Waals surface area (Å²) in [4.78, 5) is 25.5. The monoisotopic (exact) mass is 680 g/mol. The van der Waals surface area contributed by atoms with E-state index in [9.17, 15) is 32.8 Å². The zero-order valence-electron chi connectivity index (χ0n) is 28.6. The lowest BCUT2D eigenvalue weighted by molar-refractivity contribution is -0.289. The molecule has 0 aromatic carbocycles. The van der Waals surface area contributed by atoms with Crippen molar-refractivity contribution in [1.82, 2.24) is 0 Å². The van der Waals surface area contributed by atoms with Gasteiger partial charge in [0.05, 0.1) is 6.61 Å². The van der Waals surface area contributed by atoms with Gasteiger partial charge in [0.2, 0.25) is 0 Å². The van der Waals surface area contributed by atoms with Crippen LogP contribution in [0.5, 0.6) is 0 Å². The molecule has 0 bridgehead atoms. The topological polar surface area (TPSA) is 166 Å². The molecule has 0 aromatic rings. The van der Waals surface area contributed by atoms with Crippen LogP contribution < -0.4 is 0 Å². The summed E-state index contributed by atoms with van der Waals surface area (Å²) >= 11 is 0. The number of aliphatic hydroxyl groups is 2. The first-order valence-corrected chi connectivity index (χ1v) is 19.5. The van der Waals surface area contributed by atoms with Crippen molar-refractivity contribution >= 4 is 22.3 Å². The zero-order valence-corrected chi connectivity index (χ0v) is 29.4. The Morgan fingerprint density at radius 3 is 1.28 bits per heavy atom. The van der Waals surface area contributed by atoms with Crippen molar-refractivity contribution in [3.8, 4) is 0 Å². The molecule has 0 saturated carbocycles. The smallest absolute Gasteiger partial charge is 0.397 e. The van der Waals surface area contributed by atoms with E-state index in [1.807, 2.05) is 0 Å². The van der Waals surface area contributed by atoms with Crippen LogP contribution in [0.25, 0.3) is 0 Å². The van der Waals surface area contributed by atoms with Crippen LogP contribution in [0, 0.1) is 0 Å². The second kappa shape index (κ2) is 26.6. The maximum atomic E-state index is 12.8. The Hall–Kier alpha value is -1.31. The minimum atomic E-state index is -5.08. The van der Waals surface area contributed by atoms with E-state index >= 15 is 0 Å². The molecule has 1 aliphatic heterocycles. The fraction of sp³-hybridized carbons (Fsp3) is 0.941. The van der Waals surface area contributed by atoms with Crippen LogP contribution in [0.15, 0.2) is 0 Å². The van der Waals surface area contributed by atoms with Crippen LogP contribution in [0.2, 0.25) is 0 Å². The van der Waals surface area contributed by atoms with E-state index in [-0.39, 0.29) is 12.8 Å². The van der Waals surface area contributed by atoms with Crippen LogP contribution in [0.1, 0.15) is 168 Å². The summed E-state index contributed by atoms with van der Waals surface area (Å²) < 4.78 is 53.4. The maximum absolute atomic E-state index is 12.8. The minimum Gasteiger partial charge on any atom is -0.455 e. The number of esters is 2. The third kappa shape index (κ3) is 20.8. The van der Waals surface area contributed by atoms with Gasteiger partial charge < -0.3 is 24.4 Å². The lowest BCUT2D eigenvalue weighted by Gasteiger charge is -2.42. The van der Waals surface area contributed by atoms with Crippen LogP contribution in [-0.4, -0.2) is 72.4 Å². The predicted octanol–water partition coefficient (Wildman–Crippen LogP) is 7.11. The molecule has 1 saturated heterocycles. The molecule has 1 fully saturated rings. The highest BCUT2D eigenvalue weighted by atomic mass is 32.3. The third-order valence-corrected chi connectivity index (χ3v) is 8.99. The van der Waals surface area contributed by atoms with Gasteiger partial charge >= 0.3 is 22.3 Å². The third-order valence-electron chi connectivity index (χ3n) is 8.53. The number of aliphatic hydroxyl groups excluding tert-OH is 2. The van der Waals surface area contributed by atoms with Crippen molar-refractivity contribution < 1.29 is 51.2 Å². The number of unbranched alkanes of at least 4 members (excludes halogenated alkanes) is 20. The van der Waals surface area contributed by atoms with E-state index in [1.165, 1.54) is 77.0 Å². The number of rotatable bonds is 29. The molecule has 11 nitrogen and oxygen atoms in total. The van der Waals surface area contributed by atoms with E-state index in [0.29, 0.717) is 12.8 Å². The van der Waals surface area contributed by atoms with Crippen molar-refractivity contribution in [2.24, 2.45) is 0 Å². The highest BCUT2D eigenvalue weighted by molar-refractivity contribution is 7.80. The van der Waals surface area contributed by atoms with E-state index in [0.717, 1.165) is 51.4 Å². The summed E-state index contributed by atoms with van der Waals surface area (Å²) in [6, 6.07) is 0. The Kier molecular flexibility index (Phi) is 24.7. The predicted molar refractivity (Wildman–Crippen MR) is 176 cm³/mol. The van der Waals surface area contributed by atoms with Crippen molar-refractivity contribution in [2.75, 3.05) is 6.61 Å². The van der Waals surface area contributed by atoms with Crippen molar-refractivity contribution in [1.29, 1.82) is 0 Å². The van der Waals surface area contributed by atoms with E-state index < -0.39 is 59.7 Å². The molecule has 0 aromatic heterocycles. The first-order valence-electron chi connectivity index (χ1n) is 18.1. The van der Waals surface area contributed by atoms with Gasteiger partial charge in [0.1, 0.15) is 12.2 Å². The number of carbonyl (C=O) groups is 2. The second-order valence-electron chi connectivity index (χ2n) is 12.7. The Bertz CT molecular complexity index is 882. The molecular weight excluding hydrogens is 616 g/mol. The van der Waals surface area contributed by atoms with Gasteiger partial charge in [-0.1, -0.05) is 142 Å². The number of ether oxygens (including phenoxy) is 3. The standard InChI is InChI=1S/C34H64O11S/c1-3-5-7-9-11-13-15-17-19-21-23-25-29(36)43-32-31(45-46(39,40)41)28(27-35)42-34(38)33(32)44-30(37)26-24-22-20-18-16-14-12-10-8-6-4-2/h28,31-35,38H,3-27H2,1-2H3,(H,39,40,41)/t28-,31-,32+,33-,34-/m0/s1. The Balaban J connectivity index is 2.57. The van der Waals surface area contributed by atoms with Gasteiger partial charge in [-0.05, 0) is 12.8 Å². The van der Waals surface area contributed by atoms with Gasteiger partial charge in [0.25, 0.3) is 0 Å². The first-order chi connectivity index (χ1) is 22.1. The molecule has 46 heavy (non-hydrogen) atoms. The molecule has 1 rings (SSSR count). The highest BCUT2D eigenvalue weighted by Gasteiger charge is 2.52. The van der Waals surface area contributed by atoms with E-state index in [1.54, 1.807) is 0 Å². The largest absolute Gasteiger partial charge is 0.455 e. The average Bonchev–Trinajstić information content (AvgIpc) is 3.01. The summed E-state index contributed by atoms with van der Waals surface area (Å²) in [6.07, 6.45) is 16.1. The first kappa shape index (κ1) is 42.7. The molecule has 5 atom stereocenters. The van der Waals surface area contributed by atoms with E-state index in [2.05, 4.69) is 13.8 Å². The molecule has 3 N–H and O–H groups in total. The lowest BCUT2D eigenvalue weighted by Crippen LogP contribution is -2.62. The van der Waals surface area contributed by atoms with Crippen molar-refractivity contribution in [3.05, 3.63) is 0 Å². The zero-order chi connectivity index (χ0) is 34.0. The molecule has 272 valence electrons. The van der Waals surface area contributed by atoms with Crippen LogP contribution in [0.4, 0.5) is 0 Å². The molecule has 0 radical (unpaired) electrons. The summed E-state index contributed by atoms with van der Waals surface area (Å²) in [6.45, 7) is 3.59. The summed E-state index contributed by atoms with van der Waals surface area (Å²) in [5.41, 5.74) is 0. The number of carbonyl (C=O) groups excluding carboxylic acids is 2. The Morgan fingerprint density at radius 1 is 0.587 bits per heavy atom. The normalized spacial score (nSPS) is 21.7. The van der Waals surface area contributed by atoms with Gasteiger partial charge in [-0.3, -0.25) is 14.1 Å². The second-order valence-corrected chi connectivity index (χ2v) is 13.8. The minimum absolute atomic E-state index is 0.0201. The fourth-order valence-corrected chi connectivity index (χ4v) is 6.36. The molecule has 0 amide bonds. The van der Waals surface area contributed by atoms with Crippen molar-refractivity contribution in [2.45, 2.75) is 199 Å². The summed E-state index contributed by atoms with van der Waals surface area (Å²) in [5, 5.41) is 20.3. The number of hydrogen-bond donors (Lipinski definition) is 3. The van der Waals surface area contributed by atoms with Gasteiger partial charge in [0.15, 0.2) is 18.5 Å². The van der Waals surface area contributed by atoms with Gasteiger partial charge in [-0.25, -0.2) is 4.18 Å². The lowest BCUT2D eigenvalue weighted by atomic mass is 9.98. The molecular formula is C34H64O11S. The Labute approximate surface area is 278 Å². The van der Waals surface area contributed by atoms with E-state index in [4.69, 9.17) is 18.4 Å². The molecule has 0 aliphatic carbocycles. The number of hydrogen-bond acceptors (Lipinski definition) is 10. The molecule has 1 aliphatic rings. The Morgan fingerprint density at radius 2 is 0.935 bits per heavy atom. The SMILES string of the molecule is CCCCCCCCCCCCCC(=O)O[C@@H]1[C@@H](OS(=O)(=O)O)[C@H](CO)O[C@H](O)[C@H]1OC(=O)CCCCCCCCCCCCC. The molecule has 12 heteroatoms. The molecule has 0 spiro atoms. The maximum Gasteiger partial charge on any atom is 0.397 e. The van der Waals surface area contributed by atoms with Gasteiger partial charge in [-0.15, -0.1) is 0 Å². The van der Waals surface area contributed by atoms with Crippen LogP contribution in [-0.2, 0) is 38.4 Å². The summed E-state index contributed by atoms with van der Waals surface area (Å²) in [5.74, 6) is -1.38. The quantitative estimate of drug-likeness (QED) is 0.0419. The van der Waals surface area contributed by atoms with Gasteiger partial charge in [-0.2, -0.15) is 8.42 Å². The van der Waals surface area contributed by atoms with Crippen LogP contribution >= 0.6 is 0 Å². The molecule has 1 heterocycles. The highest BCUT2D eigenvalue weighted by Crippen LogP contribution is 2.29. The summed E-state index contributed by atoms with van der Waals surface area (Å²) in [7, 11) is -5.08. The van der Waals surface area contributed by atoms with Crippen molar-refractivity contribution in [3.63, 3.8) is 0 Å². The fourth-order valence-electron chi connectivity index (χ4n) is 5.85. The average molecular weight is 681 g/mol.